The largest absolute Gasteiger partial charge is 0.264 e. The first-order valence-electron chi connectivity index (χ1n) is 4.52. The average molecular weight is 173 g/mol. The fraction of sp³-hybridized carbons (Fsp3) is 0.250. The van der Waals surface area contributed by atoms with Gasteiger partial charge >= 0.3 is 0 Å². The first-order chi connectivity index (χ1) is 6.29. The van der Waals surface area contributed by atoms with E-state index in [9.17, 15) is 0 Å². The Balaban J connectivity index is 3.54. The van der Waals surface area contributed by atoms with Crippen LogP contribution in [0.3, 0.4) is 0 Å². The van der Waals surface area contributed by atoms with Crippen LogP contribution in [0.2, 0.25) is 0 Å². The molecule has 0 saturated carbocycles. The number of aromatic nitrogens is 1. The summed E-state index contributed by atoms with van der Waals surface area (Å²) >= 11 is 0. The van der Waals surface area contributed by atoms with Crippen molar-refractivity contribution in [3.8, 4) is 0 Å². The molecular formula is C12H15N. The van der Waals surface area contributed by atoms with Crippen LogP contribution < -0.4 is 10.4 Å². The van der Waals surface area contributed by atoms with Crippen molar-refractivity contribution in [3.63, 3.8) is 0 Å². The van der Waals surface area contributed by atoms with Crippen molar-refractivity contribution in [2.24, 2.45) is 0 Å². The van der Waals surface area contributed by atoms with Crippen LogP contribution in [-0.2, 0) is 0 Å². The molecule has 1 nitrogen and oxygen atoms in total. The van der Waals surface area contributed by atoms with E-state index in [0.717, 1.165) is 11.6 Å². The lowest BCUT2D eigenvalue weighted by molar-refractivity contribution is 1.18. The second kappa shape index (κ2) is 4.61. The number of nitrogens with zero attached hydrogens (tertiary/aromatic N) is 1. The highest BCUT2D eigenvalue weighted by atomic mass is 14.6. The van der Waals surface area contributed by atoms with Gasteiger partial charge in [-0.2, -0.15) is 0 Å². The molecule has 0 saturated heterocycles. The molecule has 1 heteroatoms. The third kappa shape index (κ3) is 2.28. The molecule has 68 valence electrons. The van der Waals surface area contributed by atoms with Crippen LogP contribution >= 0.6 is 0 Å². The smallest absolute Gasteiger partial charge is 0.0346 e. The molecule has 0 bridgehead atoms. The van der Waals surface area contributed by atoms with Crippen LogP contribution in [0.5, 0.6) is 0 Å². The minimum absolute atomic E-state index is 1.07. The summed E-state index contributed by atoms with van der Waals surface area (Å²) in [4.78, 5) is 4.09. The van der Waals surface area contributed by atoms with Crippen molar-refractivity contribution < 1.29 is 0 Å². The van der Waals surface area contributed by atoms with Gasteiger partial charge in [0, 0.05) is 12.4 Å². The molecule has 0 fully saturated rings. The van der Waals surface area contributed by atoms with E-state index in [1.165, 1.54) is 10.8 Å². The topological polar surface area (TPSA) is 12.9 Å². The maximum Gasteiger partial charge on any atom is 0.0346 e. The molecule has 0 radical (unpaired) electrons. The maximum absolute atomic E-state index is 4.09. The second-order valence-corrected chi connectivity index (χ2v) is 3.00. The van der Waals surface area contributed by atoms with E-state index in [1.807, 2.05) is 24.5 Å². The van der Waals surface area contributed by atoms with Crippen LogP contribution in [-0.4, -0.2) is 4.98 Å². The van der Waals surface area contributed by atoms with Gasteiger partial charge in [-0.1, -0.05) is 31.2 Å². The highest BCUT2D eigenvalue weighted by molar-refractivity contribution is 5.44. The number of allylic oxidation sites excluding steroid dienone is 1. The molecule has 1 rings (SSSR count). The zero-order valence-electron chi connectivity index (χ0n) is 8.25. The summed E-state index contributed by atoms with van der Waals surface area (Å²) in [6, 6.07) is 2.05. The summed E-state index contributed by atoms with van der Waals surface area (Å²) in [5, 5.41) is 2.43. The van der Waals surface area contributed by atoms with Gasteiger partial charge < -0.3 is 0 Å². The van der Waals surface area contributed by atoms with Crippen molar-refractivity contribution in [2.75, 3.05) is 0 Å². The summed E-state index contributed by atoms with van der Waals surface area (Å²) in [6.45, 7) is 8.00. The molecule has 0 aromatic carbocycles. The Kier molecular flexibility index (Phi) is 3.44. The zero-order valence-corrected chi connectivity index (χ0v) is 8.25. The van der Waals surface area contributed by atoms with E-state index in [0.29, 0.717) is 0 Å². The summed E-state index contributed by atoms with van der Waals surface area (Å²) < 4.78 is 0. The van der Waals surface area contributed by atoms with E-state index in [4.69, 9.17) is 0 Å². The summed E-state index contributed by atoms with van der Waals surface area (Å²) in [5.41, 5.74) is 1.38. The molecule has 0 amide bonds. The number of rotatable bonds is 2. The molecule has 1 heterocycles. The first-order valence-corrected chi connectivity index (χ1v) is 4.52. The van der Waals surface area contributed by atoms with Crippen molar-refractivity contribution in [1.29, 1.82) is 0 Å². The molecule has 0 aliphatic carbocycles. The third-order valence-corrected chi connectivity index (χ3v) is 2.14. The second-order valence-electron chi connectivity index (χ2n) is 3.00. The van der Waals surface area contributed by atoms with Gasteiger partial charge in [-0.3, -0.25) is 4.98 Å². The first kappa shape index (κ1) is 9.72. The molecule has 0 N–H and O–H groups in total. The van der Waals surface area contributed by atoms with Crippen molar-refractivity contribution in [1.82, 2.24) is 4.98 Å². The number of hydrogen-bond donors (Lipinski definition) is 0. The van der Waals surface area contributed by atoms with Gasteiger partial charge in [0.1, 0.15) is 0 Å². The molecule has 0 unspecified atom stereocenters. The number of hydrogen-bond acceptors (Lipinski definition) is 1. The lowest BCUT2D eigenvalue weighted by atomic mass is 10.1. The lowest BCUT2D eigenvalue weighted by Crippen LogP contribution is -2.26. The Bertz CT molecular complexity index is 401. The SMILES string of the molecule is C=C/C=c1/cncc/c1=C(\C)CC. The van der Waals surface area contributed by atoms with Gasteiger partial charge in [0.15, 0.2) is 0 Å². The Morgan fingerprint density at radius 2 is 2.38 bits per heavy atom. The maximum atomic E-state index is 4.09. The van der Waals surface area contributed by atoms with Crippen LogP contribution in [0.15, 0.2) is 31.1 Å². The quantitative estimate of drug-likeness (QED) is 0.662. The highest BCUT2D eigenvalue weighted by Crippen LogP contribution is 1.93. The fourth-order valence-corrected chi connectivity index (χ4v) is 1.25. The Morgan fingerprint density at radius 3 is 3.00 bits per heavy atom. The molecular weight excluding hydrogens is 158 g/mol. The lowest BCUT2D eigenvalue weighted by Gasteiger charge is -1.95. The van der Waals surface area contributed by atoms with Gasteiger partial charge in [-0.25, -0.2) is 0 Å². The van der Waals surface area contributed by atoms with Crippen molar-refractivity contribution >= 4 is 11.6 Å². The molecule has 1 aromatic rings. The van der Waals surface area contributed by atoms with Gasteiger partial charge in [0.25, 0.3) is 0 Å². The van der Waals surface area contributed by atoms with Crippen LogP contribution in [0.25, 0.3) is 11.6 Å². The standard InChI is InChI=1S/C12H15N/c1-4-6-11-9-13-8-7-12(11)10(3)5-2/h4,6-9H,1,5H2,2-3H3/b11-6-,12-10-. The van der Waals surface area contributed by atoms with Crippen LogP contribution in [0.4, 0.5) is 0 Å². The average Bonchev–Trinajstić information content (AvgIpc) is 2.18. The van der Waals surface area contributed by atoms with Gasteiger partial charge in [-0.15, -0.1) is 0 Å². The van der Waals surface area contributed by atoms with Crippen molar-refractivity contribution in [3.05, 3.63) is 41.6 Å². The number of pyridine rings is 1. The monoisotopic (exact) mass is 173 g/mol. The molecule has 13 heavy (non-hydrogen) atoms. The fourth-order valence-electron chi connectivity index (χ4n) is 1.25. The Labute approximate surface area is 79.1 Å². The predicted molar refractivity (Wildman–Crippen MR) is 57.5 cm³/mol. The summed E-state index contributed by atoms with van der Waals surface area (Å²) in [7, 11) is 0. The van der Waals surface area contributed by atoms with E-state index in [1.54, 1.807) is 6.08 Å². The van der Waals surface area contributed by atoms with Crippen molar-refractivity contribution in [2.45, 2.75) is 20.3 Å². The minimum Gasteiger partial charge on any atom is -0.264 e. The molecule has 0 aliphatic heterocycles. The molecule has 1 aromatic heterocycles. The minimum atomic E-state index is 1.07. The van der Waals surface area contributed by atoms with Gasteiger partial charge in [-0.05, 0) is 29.8 Å². The van der Waals surface area contributed by atoms with E-state index in [-0.39, 0.29) is 0 Å². The molecule has 0 spiro atoms. The molecule has 0 aliphatic rings. The van der Waals surface area contributed by atoms with E-state index < -0.39 is 0 Å². The summed E-state index contributed by atoms with van der Waals surface area (Å²) in [6.07, 6.45) is 8.55. The predicted octanol–water partition coefficient (Wildman–Crippen LogP) is 1.63. The van der Waals surface area contributed by atoms with E-state index in [2.05, 4.69) is 25.4 Å². The van der Waals surface area contributed by atoms with Crippen LogP contribution in [0.1, 0.15) is 20.3 Å². The zero-order chi connectivity index (χ0) is 9.68. The highest BCUT2D eigenvalue weighted by Gasteiger charge is 1.88. The molecule has 0 atom stereocenters. The van der Waals surface area contributed by atoms with Gasteiger partial charge in [0.05, 0.1) is 0 Å². The van der Waals surface area contributed by atoms with Gasteiger partial charge in [0.2, 0.25) is 0 Å². The normalized spacial score (nSPS) is 14.2. The Hall–Kier alpha value is -1.37. The van der Waals surface area contributed by atoms with Crippen LogP contribution in [0, 0.1) is 0 Å². The summed E-state index contributed by atoms with van der Waals surface area (Å²) in [5.74, 6) is 0. The Morgan fingerprint density at radius 1 is 1.62 bits per heavy atom. The third-order valence-electron chi connectivity index (χ3n) is 2.14. The van der Waals surface area contributed by atoms with E-state index >= 15 is 0 Å².